The maximum Gasteiger partial charge on any atom is 0.0640 e. The van der Waals surface area contributed by atoms with Crippen LogP contribution < -0.4 is 0 Å². The number of para-hydroxylation sites is 2. The van der Waals surface area contributed by atoms with Gasteiger partial charge in [-0.05, 0) is 89.0 Å². The van der Waals surface area contributed by atoms with E-state index < -0.39 is 0 Å². The first-order valence-electron chi connectivity index (χ1n) is 21.8. The van der Waals surface area contributed by atoms with Gasteiger partial charge in [0, 0.05) is 62.9 Å². The summed E-state index contributed by atoms with van der Waals surface area (Å²) in [7, 11) is 0. The van der Waals surface area contributed by atoms with E-state index in [0.717, 1.165) is 48.0 Å². The summed E-state index contributed by atoms with van der Waals surface area (Å²) < 4.78 is 51.7. The van der Waals surface area contributed by atoms with Gasteiger partial charge >= 0.3 is 0 Å². The molecule has 2 nitrogen and oxygen atoms in total. The molecule has 4 heteroatoms. The Morgan fingerprint density at radius 2 is 1.00 bits per heavy atom. The average molecular weight is 778 g/mol. The topological polar surface area (TPSA) is 9.86 Å². The second-order valence-electron chi connectivity index (χ2n) is 14.9. The Hall–Kier alpha value is -6.98. The van der Waals surface area contributed by atoms with Crippen molar-refractivity contribution in [2.45, 2.75) is 0 Å². The smallest absolute Gasteiger partial charge is 0.0640 e. The van der Waals surface area contributed by atoms with Gasteiger partial charge in [-0.2, -0.15) is 0 Å². The summed E-state index contributed by atoms with van der Waals surface area (Å²) in [6.45, 7) is 0. The second-order valence-corrected chi connectivity index (χ2v) is 17.0. The summed E-state index contributed by atoms with van der Waals surface area (Å²) in [4.78, 5) is 0. The normalized spacial score (nSPS) is 13.3. The van der Waals surface area contributed by atoms with Crippen LogP contribution in [0, 0.1) is 0 Å². The number of hydrogen-bond acceptors (Lipinski definition) is 2. The lowest BCUT2D eigenvalue weighted by molar-refractivity contribution is 1.19. The summed E-state index contributed by atoms with van der Waals surface area (Å²) in [5, 5.41) is 9.24. The predicted octanol–water partition coefficient (Wildman–Crippen LogP) is 16.0. The molecule has 0 bridgehead atoms. The summed E-state index contributed by atoms with van der Waals surface area (Å²) >= 11 is 3.51. The van der Waals surface area contributed by atoms with Gasteiger partial charge in [-0.15, -0.1) is 22.7 Å². The molecule has 0 saturated heterocycles. The number of hydrogen-bond donors (Lipinski definition) is 0. The number of benzene rings is 9. The van der Waals surface area contributed by atoms with Gasteiger partial charge in [0.25, 0.3) is 0 Å². The first kappa shape index (κ1) is 27.6. The van der Waals surface area contributed by atoms with Crippen LogP contribution in [-0.4, -0.2) is 9.13 Å². The molecule has 0 aliphatic heterocycles. The molecule has 0 unspecified atom stereocenters. The molecule has 0 aliphatic carbocycles. The fraction of sp³-hybridized carbons (Fsp3) is 0. The number of fused-ring (bicyclic) bond motifs is 12. The maximum absolute atomic E-state index is 8.73. The molecule has 0 radical (unpaired) electrons. The zero-order valence-electron chi connectivity index (χ0n) is 35.8. The van der Waals surface area contributed by atoms with Gasteiger partial charge in [0.05, 0.1) is 39.3 Å². The Balaban J connectivity index is 0.956. The standard InChI is InChI=1S/C54H32N2S2/c1-2-12-33(13-3-1)37-17-11-23-51-53(37)42-27-26-36(32-52(42)57-51)55-45-19-7-4-14-38(45)43-30-34(24-28-47(43)55)35-25-29-48-44(31-35)39-15-5-8-20-46(39)56(48)49-21-10-18-41-40-16-6-9-22-50(40)58-54(41)49/h1-32H/i1D,2D,3D,12D,13D. The van der Waals surface area contributed by atoms with Gasteiger partial charge in [0.1, 0.15) is 0 Å². The minimum Gasteiger partial charge on any atom is -0.309 e. The van der Waals surface area contributed by atoms with E-state index in [4.69, 9.17) is 6.85 Å². The van der Waals surface area contributed by atoms with E-state index in [-0.39, 0.29) is 35.8 Å². The zero-order chi connectivity index (χ0) is 42.2. The summed E-state index contributed by atoms with van der Waals surface area (Å²) in [5.74, 6) is 0. The minimum absolute atomic E-state index is 0.193. The van der Waals surface area contributed by atoms with Gasteiger partial charge in [-0.25, -0.2) is 0 Å². The summed E-state index contributed by atoms with van der Waals surface area (Å²) in [6, 6.07) is 57.2. The zero-order valence-corrected chi connectivity index (χ0v) is 32.4. The molecule has 0 N–H and O–H groups in total. The molecule has 13 aromatic rings. The molecule has 58 heavy (non-hydrogen) atoms. The highest BCUT2D eigenvalue weighted by atomic mass is 32.1. The molecule has 4 aromatic heterocycles. The lowest BCUT2D eigenvalue weighted by atomic mass is 9.99. The average Bonchev–Trinajstić information content (AvgIpc) is 4.07. The van der Waals surface area contributed by atoms with Crippen LogP contribution in [-0.2, 0) is 0 Å². The van der Waals surface area contributed by atoms with Crippen LogP contribution in [0.1, 0.15) is 6.85 Å². The molecule has 0 saturated carbocycles. The lowest BCUT2D eigenvalue weighted by Crippen LogP contribution is -1.94. The van der Waals surface area contributed by atoms with Gasteiger partial charge in [-0.3, -0.25) is 0 Å². The Kier molecular flexibility index (Phi) is 5.83. The molecule has 270 valence electrons. The van der Waals surface area contributed by atoms with Crippen LogP contribution in [0.2, 0.25) is 0 Å². The molecule has 0 aliphatic rings. The SMILES string of the molecule is [2H]c1c([2H])c([2H])c(-c2cccc3sc4cc(-n5c6ccccc6c6cc(-c7ccc8c(c7)c7ccccc7n8-c7cccc8c7sc7ccccc78)ccc65)ccc4c23)c([2H])c1[2H]. The number of rotatable bonds is 4. The Morgan fingerprint density at radius 1 is 0.379 bits per heavy atom. The van der Waals surface area contributed by atoms with Crippen LogP contribution in [0.25, 0.3) is 118 Å². The van der Waals surface area contributed by atoms with Crippen LogP contribution >= 0.6 is 22.7 Å². The summed E-state index contributed by atoms with van der Waals surface area (Å²) in [6.07, 6.45) is 0. The third-order valence-electron chi connectivity index (χ3n) is 11.8. The van der Waals surface area contributed by atoms with Crippen LogP contribution in [0.4, 0.5) is 0 Å². The van der Waals surface area contributed by atoms with E-state index in [1.165, 1.54) is 58.4 Å². The highest BCUT2D eigenvalue weighted by Gasteiger charge is 2.19. The third kappa shape index (κ3) is 4.58. The Labute approximate surface area is 348 Å². The number of nitrogens with zero attached hydrogens (tertiary/aromatic N) is 2. The fourth-order valence-electron chi connectivity index (χ4n) is 9.30. The molecule has 0 fully saturated rings. The highest BCUT2D eigenvalue weighted by Crippen LogP contribution is 2.44. The molecule has 13 rings (SSSR count). The Morgan fingerprint density at radius 3 is 1.78 bits per heavy atom. The monoisotopic (exact) mass is 777 g/mol. The van der Waals surface area contributed by atoms with Crippen molar-refractivity contribution in [2.24, 2.45) is 0 Å². The van der Waals surface area contributed by atoms with E-state index >= 15 is 0 Å². The van der Waals surface area contributed by atoms with Crippen LogP contribution in [0.5, 0.6) is 0 Å². The summed E-state index contributed by atoms with van der Waals surface area (Å²) in [5.41, 5.74) is 9.99. The van der Waals surface area contributed by atoms with Crippen molar-refractivity contribution in [2.75, 3.05) is 0 Å². The van der Waals surface area contributed by atoms with E-state index in [1.807, 2.05) is 29.5 Å². The van der Waals surface area contributed by atoms with Crippen molar-refractivity contribution in [3.63, 3.8) is 0 Å². The molecular formula is C54H32N2S2. The van der Waals surface area contributed by atoms with Crippen molar-refractivity contribution in [3.05, 3.63) is 194 Å². The van der Waals surface area contributed by atoms with Gasteiger partial charge in [0.2, 0.25) is 0 Å². The molecular weight excluding hydrogens is 741 g/mol. The first-order valence-corrected chi connectivity index (χ1v) is 21.0. The second kappa shape index (κ2) is 12.3. The van der Waals surface area contributed by atoms with Crippen molar-refractivity contribution in [1.82, 2.24) is 9.13 Å². The third-order valence-corrected chi connectivity index (χ3v) is 14.1. The van der Waals surface area contributed by atoms with Crippen molar-refractivity contribution in [1.29, 1.82) is 0 Å². The Bertz CT molecular complexity index is 4090. The van der Waals surface area contributed by atoms with E-state index in [2.05, 4.69) is 155 Å². The van der Waals surface area contributed by atoms with Crippen molar-refractivity contribution >= 4 is 107 Å². The van der Waals surface area contributed by atoms with E-state index in [1.54, 1.807) is 11.3 Å². The van der Waals surface area contributed by atoms with Crippen molar-refractivity contribution in [3.8, 4) is 33.6 Å². The minimum atomic E-state index is -0.388. The molecule has 4 heterocycles. The predicted molar refractivity (Wildman–Crippen MR) is 252 cm³/mol. The molecule has 0 amide bonds. The van der Waals surface area contributed by atoms with E-state index in [9.17, 15) is 0 Å². The lowest BCUT2D eigenvalue weighted by Gasteiger charge is -2.10. The quantitative estimate of drug-likeness (QED) is 0.168. The van der Waals surface area contributed by atoms with Crippen LogP contribution in [0.3, 0.4) is 0 Å². The molecule has 0 spiro atoms. The molecule has 9 aromatic carbocycles. The fourth-order valence-corrected chi connectivity index (χ4v) is 11.7. The maximum atomic E-state index is 8.73. The van der Waals surface area contributed by atoms with E-state index in [0.29, 0.717) is 5.56 Å². The van der Waals surface area contributed by atoms with Gasteiger partial charge in [-0.1, -0.05) is 127 Å². The van der Waals surface area contributed by atoms with Gasteiger partial charge in [0.15, 0.2) is 0 Å². The number of thiophene rings is 2. The highest BCUT2D eigenvalue weighted by molar-refractivity contribution is 7.26. The number of aromatic nitrogens is 2. The first-order chi connectivity index (χ1) is 30.8. The van der Waals surface area contributed by atoms with Crippen molar-refractivity contribution < 1.29 is 6.85 Å². The molecule has 0 atom stereocenters. The van der Waals surface area contributed by atoms with Gasteiger partial charge < -0.3 is 9.13 Å². The van der Waals surface area contributed by atoms with Crippen LogP contribution in [0.15, 0.2) is 194 Å². The largest absolute Gasteiger partial charge is 0.309 e.